The van der Waals surface area contributed by atoms with Crippen LogP contribution in [0.2, 0.25) is 0 Å². The summed E-state index contributed by atoms with van der Waals surface area (Å²) in [5.74, 6) is 1.27. The second kappa shape index (κ2) is 6.48. The van der Waals surface area contributed by atoms with E-state index in [9.17, 15) is 0 Å². The summed E-state index contributed by atoms with van der Waals surface area (Å²) in [5, 5.41) is 0. The largest absolute Gasteiger partial charge is 0.477 e. The van der Waals surface area contributed by atoms with Gasteiger partial charge in [-0.2, -0.15) is 0 Å². The molecule has 16 heavy (non-hydrogen) atoms. The van der Waals surface area contributed by atoms with E-state index in [1.807, 2.05) is 13.0 Å². The molecule has 0 fully saturated rings. The zero-order valence-electron chi connectivity index (χ0n) is 10.5. The van der Waals surface area contributed by atoms with E-state index in [1.54, 1.807) is 6.20 Å². The van der Waals surface area contributed by atoms with Crippen LogP contribution in [-0.4, -0.2) is 11.6 Å². The molecule has 3 heteroatoms. The van der Waals surface area contributed by atoms with Crippen molar-refractivity contribution in [3.05, 3.63) is 23.4 Å². The van der Waals surface area contributed by atoms with Crippen LogP contribution >= 0.6 is 0 Å². The van der Waals surface area contributed by atoms with Crippen LogP contribution in [0.3, 0.4) is 0 Å². The van der Waals surface area contributed by atoms with Gasteiger partial charge >= 0.3 is 0 Å². The average molecular weight is 222 g/mol. The highest BCUT2D eigenvalue weighted by Gasteiger charge is 2.08. The van der Waals surface area contributed by atoms with Crippen LogP contribution in [0.4, 0.5) is 0 Å². The number of nitrogens with two attached hydrogens (primary N) is 1. The molecule has 1 aromatic rings. The lowest BCUT2D eigenvalue weighted by molar-refractivity contribution is 0.240. The minimum Gasteiger partial charge on any atom is -0.477 e. The minimum absolute atomic E-state index is 0.483. The molecule has 0 spiro atoms. The Morgan fingerprint density at radius 3 is 2.88 bits per heavy atom. The molecule has 1 aromatic heterocycles. The lowest BCUT2D eigenvalue weighted by Crippen LogP contribution is -2.12. The Hall–Kier alpha value is -1.09. The van der Waals surface area contributed by atoms with E-state index >= 15 is 0 Å². The summed E-state index contributed by atoms with van der Waals surface area (Å²) < 4.78 is 5.73. The maximum absolute atomic E-state index is 5.73. The summed E-state index contributed by atoms with van der Waals surface area (Å²) in [4.78, 5) is 4.24. The Labute approximate surface area is 98.0 Å². The molecular weight excluding hydrogens is 200 g/mol. The van der Waals surface area contributed by atoms with Crippen molar-refractivity contribution in [3.8, 4) is 5.88 Å². The van der Waals surface area contributed by atoms with Gasteiger partial charge < -0.3 is 10.5 Å². The van der Waals surface area contributed by atoms with Gasteiger partial charge in [0.1, 0.15) is 0 Å². The second-order valence-electron chi connectivity index (χ2n) is 4.32. The lowest BCUT2D eigenvalue weighted by atomic mass is 10.1. The van der Waals surface area contributed by atoms with Gasteiger partial charge in [0.2, 0.25) is 5.88 Å². The average Bonchev–Trinajstić information content (AvgIpc) is 2.27. The number of ether oxygens (including phenoxy) is 1. The van der Waals surface area contributed by atoms with Gasteiger partial charge in [0.15, 0.2) is 0 Å². The first-order chi connectivity index (χ1) is 7.69. The normalized spacial score (nSPS) is 12.5. The van der Waals surface area contributed by atoms with Crippen LogP contribution in [0, 0.1) is 12.8 Å². The zero-order valence-corrected chi connectivity index (χ0v) is 10.5. The van der Waals surface area contributed by atoms with Gasteiger partial charge in [-0.05, 0) is 30.9 Å². The summed E-state index contributed by atoms with van der Waals surface area (Å²) in [6.07, 6.45) is 4.15. The monoisotopic (exact) mass is 222 g/mol. The minimum atomic E-state index is 0.483. The molecule has 1 rings (SSSR count). The fourth-order valence-electron chi connectivity index (χ4n) is 1.73. The molecule has 0 saturated heterocycles. The van der Waals surface area contributed by atoms with Crippen LogP contribution in [0.25, 0.3) is 0 Å². The topological polar surface area (TPSA) is 48.1 Å². The highest BCUT2D eigenvalue weighted by atomic mass is 16.5. The first kappa shape index (κ1) is 13.0. The predicted molar refractivity (Wildman–Crippen MR) is 66.4 cm³/mol. The molecule has 1 atom stereocenters. The third kappa shape index (κ3) is 3.49. The molecule has 2 N–H and O–H groups in total. The molecule has 3 nitrogen and oxygen atoms in total. The highest BCUT2D eigenvalue weighted by molar-refractivity contribution is 5.33. The lowest BCUT2D eigenvalue weighted by Gasteiger charge is -2.14. The van der Waals surface area contributed by atoms with Crippen molar-refractivity contribution in [2.45, 2.75) is 40.2 Å². The standard InChI is InChI=1S/C13H22N2O/c1-4-5-10(2)9-16-13-12(8-14)11(3)6-7-15-13/h6-7,10H,4-5,8-9,14H2,1-3H3. The predicted octanol–water partition coefficient (Wildman–Crippen LogP) is 2.66. The number of hydrogen-bond donors (Lipinski definition) is 1. The molecule has 0 aliphatic carbocycles. The molecular formula is C13H22N2O. The van der Waals surface area contributed by atoms with E-state index in [1.165, 1.54) is 12.8 Å². The molecule has 90 valence electrons. The molecule has 1 unspecified atom stereocenters. The van der Waals surface area contributed by atoms with Crippen LogP contribution < -0.4 is 10.5 Å². The van der Waals surface area contributed by atoms with Crippen LogP contribution in [0.15, 0.2) is 12.3 Å². The summed E-state index contributed by atoms with van der Waals surface area (Å²) in [6.45, 7) is 7.62. The quantitative estimate of drug-likeness (QED) is 0.805. The van der Waals surface area contributed by atoms with Crippen molar-refractivity contribution in [2.75, 3.05) is 6.61 Å². The number of rotatable bonds is 6. The summed E-state index contributed by atoms with van der Waals surface area (Å²) in [6, 6.07) is 1.96. The molecule has 0 aliphatic rings. The van der Waals surface area contributed by atoms with E-state index in [2.05, 4.69) is 18.8 Å². The van der Waals surface area contributed by atoms with Crippen molar-refractivity contribution in [1.82, 2.24) is 4.98 Å². The fraction of sp³-hybridized carbons (Fsp3) is 0.615. The number of hydrogen-bond acceptors (Lipinski definition) is 3. The molecule has 0 amide bonds. The van der Waals surface area contributed by atoms with E-state index in [0.717, 1.165) is 17.7 Å². The molecule has 0 aliphatic heterocycles. The Balaban J connectivity index is 2.63. The molecule has 0 saturated carbocycles. The first-order valence-corrected chi connectivity index (χ1v) is 5.96. The van der Waals surface area contributed by atoms with Gasteiger partial charge in [0, 0.05) is 18.3 Å². The summed E-state index contributed by atoms with van der Waals surface area (Å²) in [5.41, 5.74) is 7.86. The van der Waals surface area contributed by atoms with Gasteiger partial charge in [0.05, 0.1) is 6.61 Å². The van der Waals surface area contributed by atoms with Gasteiger partial charge in [-0.3, -0.25) is 0 Å². The van der Waals surface area contributed by atoms with Gasteiger partial charge in [-0.1, -0.05) is 20.3 Å². The van der Waals surface area contributed by atoms with Crippen molar-refractivity contribution in [1.29, 1.82) is 0 Å². The van der Waals surface area contributed by atoms with Crippen LogP contribution in [0.5, 0.6) is 5.88 Å². The Morgan fingerprint density at radius 2 is 2.25 bits per heavy atom. The number of nitrogens with zero attached hydrogens (tertiary/aromatic N) is 1. The van der Waals surface area contributed by atoms with E-state index < -0.39 is 0 Å². The Bertz CT molecular complexity index is 326. The van der Waals surface area contributed by atoms with E-state index in [4.69, 9.17) is 10.5 Å². The maximum atomic E-state index is 5.73. The number of aryl methyl sites for hydroxylation is 1. The molecule has 0 radical (unpaired) electrons. The Morgan fingerprint density at radius 1 is 1.50 bits per heavy atom. The molecule has 0 aromatic carbocycles. The second-order valence-corrected chi connectivity index (χ2v) is 4.32. The number of aromatic nitrogens is 1. The van der Waals surface area contributed by atoms with Gasteiger partial charge in [-0.15, -0.1) is 0 Å². The van der Waals surface area contributed by atoms with Gasteiger partial charge in [-0.25, -0.2) is 4.98 Å². The highest BCUT2D eigenvalue weighted by Crippen LogP contribution is 2.19. The fourth-order valence-corrected chi connectivity index (χ4v) is 1.73. The van der Waals surface area contributed by atoms with Crippen LogP contribution in [0.1, 0.15) is 37.8 Å². The molecule has 0 bridgehead atoms. The third-order valence-electron chi connectivity index (χ3n) is 2.74. The summed E-state index contributed by atoms with van der Waals surface area (Å²) >= 11 is 0. The summed E-state index contributed by atoms with van der Waals surface area (Å²) in [7, 11) is 0. The van der Waals surface area contributed by atoms with Crippen molar-refractivity contribution >= 4 is 0 Å². The molecule has 1 heterocycles. The Kier molecular flexibility index (Phi) is 5.26. The van der Waals surface area contributed by atoms with Crippen molar-refractivity contribution < 1.29 is 4.74 Å². The van der Waals surface area contributed by atoms with Crippen molar-refractivity contribution in [2.24, 2.45) is 11.7 Å². The number of pyridine rings is 1. The third-order valence-corrected chi connectivity index (χ3v) is 2.74. The SMILES string of the molecule is CCCC(C)COc1nccc(C)c1CN. The van der Waals surface area contributed by atoms with E-state index in [-0.39, 0.29) is 0 Å². The first-order valence-electron chi connectivity index (χ1n) is 5.96. The maximum Gasteiger partial charge on any atom is 0.218 e. The van der Waals surface area contributed by atoms with Crippen molar-refractivity contribution in [3.63, 3.8) is 0 Å². The van der Waals surface area contributed by atoms with Crippen LogP contribution in [-0.2, 0) is 6.54 Å². The smallest absolute Gasteiger partial charge is 0.218 e. The zero-order chi connectivity index (χ0) is 12.0. The van der Waals surface area contributed by atoms with E-state index in [0.29, 0.717) is 18.3 Å². The van der Waals surface area contributed by atoms with Gasteiger partial charge in [0.25, 0.3) is 0 Å².